The van der Waals surface area contributed by atoms with Gasteiger partial charge < -0.3 is 25.1 Å². The Balaban J connectivity index is 2.67. The number of rotatable bonds is 6. The molecular formula is C13H27BN2O4. The van der Waals surface area contributed by atoms with Crippen molar-refractivity contribution in [2.24, 2.45) is 5.73 Å². The van der Waals surface area contributed by atoms with E-state index in [0.717, 1.165) is 0 Å². The van der Waals surface area contributed by atoms with Crippen LogP contribution in [0.3, 0.4) is 0 Å². The third-order valence-electron chi connectivity index (χ3n) is 4.07. The van der Waals surface area contributed by atoms with E-state index in [1.54, 1.807) is 14.0 Å². The highest BCUT2D eigenvalue weighted by atomic mass is 16.7. The number of nitrogens with two attached hydrogens (primary N) is 1. The van der Waals surface area contributed by atoms with Gasteiger partial charge in [0, 0.05) is 5.94 Å². The van der Waals surface area contributed by atoms with Gasteiger partial charge in [0.25, 0.3) is 0 Å². The molecule has 0 amide bonds. The first-order valence-electron chi connectivity index (χ1n) is 7.09. The van der Waals surface area contributed by atoms with Crippen molar-refractivity contribution in [1.29, 1.82) is 0 Å². The predicted molar refractivity (Wildman–Crippen MR) is 78.2 cm³/mol. The Labute approximate surface area is 121 Å². The molecule has 2 unspecified atom stereocenters. The van der Waals surface area contributed by atoms with Crippen LogP contribution in [0.5, 0.6) is 0 Å². The number of hydrogen-bond acceptors (Lipinski definition) is 6. The van der Waals surface area contributed by atoms with Crippen LogP contribution in [0.15, 0.2) is 0 Å². The summed E-state index contributed by atoms with van der Waals surface area (Å²) < 4.78 is 16.9. The molecule has 6 nitrogen and oxygen atoms in total. The lowest BCUT2D eigenvalue weighted by atomic mass is 9.75. The van der Waals surface area contributed by atoms with Crippen LogP contribution in [-0.2, 0) is 18.8 Å². The van der Waals surface area contributed by atoms with Crippen LogP contribution in [-0.4, -0.2) is 49.9 Å². The van der Waals surface area contributed by atoms with Gasteiger partial charge in [-0.3, -0.25) is 4.79 Å². The first-order chi connectivity index (χ1) is 9.14. The highest BCUT2D eigenvalue weighted by molar-refractivity contribution is 6.47. The molecular weight excluding hydrogens is 259 g/mol. The van der Waals surface area contributed by atoms with Gasteiger partial charge in [0.15, 0.2) is 0 Å². The van der Waals surface area contributed by atoms with E-state index in [9.17, 15) is 4.79 Å². The number of ether oxygens (including phenoxy) is 1. The van der Waals surface area contributed by atoms with Gasteiger partial charge in [-0.05, 0) is 48.1 Å². The van der Waals surface area contributed by atoms with E-state index in [4.69, 9.17) is 19.8 Å². The maximum absolute atomic E-state index is 11.6. The molecule has 0 aromatic rings. The quantitative estimate of drug-likeness (QED) is 0.546. The summed E-state index contributed by atoms with van der Waals surface area (Å²) in [6.45, 7) is 10.0. The molecule has 0 saturated carbocycles. The first kappa shape index (κ1) is 17.4. The SMILES string of the molecule is CCOC(=O)C(N)CC(NC)B1OC(C)(C)C(C)(C)O1. The fraction of sp³-hybridized carbons (Fsp3) is 0.923. The molecule has 1 rings (SSSR count). The summed E-state index contributed by atoms with van der Waals surface area (Å²) in [4.78, 5) is 11.6. The van der Waals surface area contributed by atoms with Crippen LogP contribution in [0, 0.1) is 0 Å². The van der Waals surface area contributed by atoms with E-state index in [2.05, 4.69) is 5.32 Å². The molecule has 116 valence electrons. The molecule has 1 saturated heterocycles. The minimum atomic E-state index is -0.688. The number of carbonyl (C=O) groups is 1. The lowest BCUT2D eigenvalue weighted by Gasteiger charge is -2.32. The van der Waals surface area contributed by atoms with E-state index in [0.29, 0.717) is 13.0 Å². The van der Waals surface area contributed by atoms with E-state index in [1.807, 2.05) is 27.7 Å². The zero-order valence-electron chi connectivity index (χ0n) is 13.4. The van der Waals surface area contributed by atoms with Gasteiger partial charge in [0.05, 0.1) is 17.8 Å². The third-order valence-corrected chi connectivity index (χ3v) is 4.07. The van der Waals surface area contributed by atoms with Crippen LogP contribution >= 0.6 is 0 Å². The molecule has 0 aromatic heterocycles. The van der Waals surface area contributed by atoms with Crippen LogP contribution in [0.25, 0.3) is 0 Å². The fourth-order valence-corrected chi connectivity index (χ4v) is 2.04. The summed E-state index contributed by atoms with van der Waals surface area (Å²) in [5.74, 6) is -0.570. The average molecular weight is 286 g/mol. The van der Waals surface area contributed by atoms with Crippen molar-refractivity contribution in [3.05, 3.63) is 0 Å². The van der Waals surface area contributed by atoms with Crippen LogP contribution in [0.2, 0.25) is 0 Å². The monoisotopic (exact) mass is 286 g/mol. The van der Waals surface area contributed by atoms with E-state index < -0.39 is 30.3 Å². The third kappa shape index (κ3) is 3.72. The van der Waals surface area contributed by atoms with Gasteiger partial charge in [-0.25, -0.2) is 0 Å². The van der Waals surface area contributed by atoms with E-state index >= 15 is 0 Å². The Morgan fingerprint density at radius 1 is 1.30 bits per heavy atom. The molecule has 0 spiro atoms. The number of carbonyl (C=O) groups excluding carboxylic acids is 1. The lowest BCUT2D eigenvalue weighted by Crippen LogP contribution is -2.49. The zero-order valence-corrected chi connectivity index (χ0v) is 13.4. The predicted octanol–water partition coefficient (Wildman–Crippen LogP) is 0.486. The van der Waals surface area contributed by atoms with Gasteiger partial charge in [0.1, 0.15) is 6.04 Å². The van der Waals surface area contributed by atoms with Crippen molar-refractivity contribution < 1.29 is 18.8 Å². The van der Waals surface area contributed by atoms with Gasteiger partial charge in [-0.15, -0.1) is 0 Å². The van der Waals surface area contributed by atoms with Crippen molar-refractivity contribution in [1.82, 2.24) is 5.32 Å². The highest BCUT2D eigenvalue weighted by Gasteiger charge is 2.53. The Morgan fingerprint density at radius 2 is 1.80 bits per heavy atom. The molecule has 1 aliphatic rings. The normalized spacial score (nSPS) is 23.4. The molecule has 0 aromatic carbocycles. The van der Waals surface area contributed by atoms with Crippen LogP contribution in [0.4, 0.5) is 0 Å². The smallest absolute Gasteiger partial charge is 0.465 e. The lowest BCUT2D eigenvalue weighted by molar-refractivity contribution is -0.144. The summed E-state index contributed by atoms with van der Waals surface area (Å²) in [6.07, 6.45) is 0.395. The molecule has 20 heavy (non-hydrogen) atoms. The summed E-state index contributed by atoms with van der Waals surface area (Å²) in [6, 6.07) is -0.688. The number of nitrogens with one attached hydrogen (secondary N) is 1. The Morgan fingerprint density at radius 3 is 2.20 bits per heavy atom. The molecule has 0 bridgehead atoms. The maximum atomic E-state index is 11.6. The van der Waals surface area contributed by atoms with Gasteiger partial charge >= 0.3 is 13.1 Å². The van der Waals surface area contributed by atoms with Crippen molar-refractivity contribution in [3.8, 4) is 0 Å². The number of hydrogen-bond donors (Lipinski definition) is 2. The molecule has 1 aliphatic heterocycles. The summed E-state index contributed by atoms with van der Waals surface area (Å²) in [5.41, 5.74) is 5.05. The zero-order chi connectivity index (χ0) is 15.6. The first-order valence-corrected chi connectivity index (χ1v) is 7.09. The maximum Gasteiger partial charge on any atom is 0.476 e. The summed E-state index contributed by atoms with van der Waals surface area (Å²) >= 11 is 0. The Bertz CT molecular complexity index is 333. The summed E-state index contributed by atoms with van der Waals surface area (Å²) in [7, 11) is 1.36. The fourth-order valence-electron chi connectivity index (χ4n) is 2.04. The van der Waals surface area contributed by atoms with Gasteiger partial charge in [-0.1, -0.05) is 0 Å². The van der Waals surface area contributed by atoms with E-state index in [-0.39, 0.29) is 5.94 Å². The largest absolute Gasteiger partial charge is 0.476 e. The Kier molecular flexibility index (Phi) is 5.60. The topological polar surface area (TPSA) is 82.8 Å². The van der Waals surface area contributed by atoms with Crippen LogP contribution < -0.4 is 11.1 Å². The second kappa shape index (κ2) is 6.43. The molecule has 2 atom stereocenters. The Hall–Kier alpha value is -0.625. The standard InChI is InChI=1S/C13H27BN2O4/c1-7-18-11(17)9(15)8-10(16-6)14-19-12(2,3)13(4,5)20-14/h9-10,16H,7-8,15H2,1-6H3. The highest BCUT2D eigenvalue weighted by Crippen LogP contribution is 2.37. The molecule has 0 radical (unpaired) electrons. The molecule has 1 fully saturated rings. The second-order valence-electron chi connectivity index (χ2n) is 6.11. The van der Waals surface area contributed by atoms with Crippen molar-refractivity contribution >= 4 is 13.1 Å². The van der Waals surface area contributed by atoms with Crippen molar-refractivity contribution in [3.63, 3.8) is 0 Å². The molecule has 0 aliphatic carbocycles. The van der Waals surface area contributed by atoms with Gasteiger partial charge in [-0.2, -0.15) is 0 Å². The summed E-state index contributed by atoms with van der Waals surface area (Å²) in [5, 5.41) is 3.11. The van der Waals surface area contributed by atoms with Gasteiger partial charge in [0.2, 0.25) is 0 Å². The van der Waals surface area contributed by atoms with Crippen molar-refractivity contribution in [2.45, 2.75) is 64.2 Å². The van der Waals surface area contributed by atoms with Crippen molar-refractivity contribution in [2.75, 3.05) is 13.7 Å². The molecule has 7 heteroatoms. The molecule has 1 heterocycles. The average Bonchev–Trinajstić information content (AvgIpc) is 2.55. The minimum Gasteiger partial charge on any atom is -0.465 e. The van der Waals surface area contributed by atoms with E-state index in [1.165, 1.54) is 0 Å². The number of esters is 1. The molecule has 3 N–H and O–H groups in total. The minimum absolute atomic E-state index is 0.171. The second-order valence-corrected chi connectivity index (χ2v) is 6.11. The van der Waals surface area contributed by atoms with Crippen LogP contribution in [0.1, 0.15) is 41.0 Å².